The fourth-order valence-corrected chi connectivity index (χ4v) is 1.48. The number of hydrogen-bond acceptors (Lipinski definition) is 3. The minimum absolute atomic E-state index is 0.0979. The van der Waals surface area contributed by atoms with E-state index < -0.39 is 17.5 Å². The molecule has 1 aromatic carbocycles. The highest BCUT2D eigenvalue weighted by Crippen LogP contribution is 2.14. The van der Waals surface area contributed by atoms with Crippen molar-refractivity contribution < 1.29 is 18.7 Å². The third-order valence-electron chi connectivity index (χ3n) is 2.53. The maximum absolute atomic E-state index is 12.7. The molecule has 1 rings (SSSR count). The van der Waals surface area contributed by atoms with Crippen LogP contribution in [-0.4, -0.2) is 17.4 Å². The summed E-state index contributed by atoms with van der Waals surface area (Å²) < 4.78 is 17.9. The van der Waals surface area contributed by atoms with Crippen LogP contribution < -0.4 is 0 Å². The van der Waals surface area contributed by atoms with E-state index in [-0.39, 0.29) is 18.0 Å². The highest BCUT2D eigenvalue weighted by atomic mass is 19.1. The smallest absolute Gasteiger partial charge is 0.316 e. The maximum Gasteiger partial charge on any atom is 0.316 e. The van der Waals surface area contributed by atoms with Crippen molar-refractivity contribution in [1.82, 2.24) is 0 Å². The van der Waals surface area contributed by atoms with Gasteiger partial charge in [0.1, 0.15) is 17.3 Å². The van der Waals surface area contributed by atoms with Gasteiger partial charge in [0.25, 0.3) is 0 Å². The number of hydrogen-bond donors (Lipinski definition) is 0. The van der Waals surface area contributed by atoms with Gasteiger partial charge in [-0.1, -0.05) is 12.1 Å². The fraction of sp³-hybridized carbons (Fsp3) is 0.467. The van der Waals surface area contributed by atoms with Gasteiger partial charge in [-0.15, -0.1) is 0 Å². The van der Waals surface area contributed by atoms with Gasteiger partial charge < -0.3 is 4.74 Å². The number of carbonyl (C=O) groups excluding carboxylic acids is 2. The van der Waals surface area contributed by atoms with Crippen LogP contribution in [0.2, 0.25) is 0 Å². The summed E-state index contributed by atoms with van der Waals surface area (Å²) in [7, 11) is 0. The summed E-state index contributed by atoms with van der Waals surface area (Å²) in [4.78, 5) is 23.7. The van der Waals surface area contributed by atoms with Crippen LogP contribution in [0.3, 0.4) is 0 Å². The number of esters is 1. The number of ether oxygens (including phenoxy) is 1. The van der Waals surface area contributed by atoms with Crippen LogP contribution in [0.1, 0.15) is 33.3 Å². The number of benzene rings is 1. The average molecular weight is 266 g/mol. The van der Waals surface area contributed by atoms with Gasteiger partial charge in [-0.05, 0) is 45.4 Å². The monoisotopic (exact) mass is 266 g/mol. The van der Waals surface area contributed by atoms with Gasteiger partial charge in [-0.3, -0.25) is 9.59 Å². The third kappa shape index (κ3) is 5.20. The van der Waals surface area contributed by atoms with E-state index in [9.17, 15) is 14.0 Å². The molecule has 19 heavy (non-hydrogen) atoms. The molecule has 0 saturated heterocycles. The SMILES string of the molecule is CC(C(=O)Cc1ccc(F)cc1)C(=O)OC(C)(C)C. The number of rotatable bonds is 4. The van der Waals surface area contributed by atoms with E-state index in [0.717, 1.165) is 0 Å². The Bertz CT molecular complexity index is 457. The molecule has 0 spiro atoms. The van der Waals surface area contributed by atoms with Crippen LogP contribution in [0.4, 0.5) is 4.39 Å². The Labute approximate surface area is 112 Å². The van der Waals surface area contributed by atoms with Crippen LogP contribution in [-0.2, 0) is 20.7 Å². The predicted molar refractivity (Wildman–Crippen MR) is 70.1 cm³/mol. The quantitative estimate of drug-likeness (QED) is 0.621. The van der Waals surface area contributed by atoms with Gasteiger partial charge in [-0.25, -0.2) is 4.39 Å². The molecule has 3 nitrogen and oxygen atoms in total. The van der Waals surface area contributed by atoms with E-state index in [1.807, 2.05) is 0 Å². The summed E-state index contributed by atoms with van der Waals surface area (Å²) in [5.41, 5.74) is 0.0726. The molecule has 0 aliphatic heterocycles. The molecule has 0 aliphatic rings. The second-order valence-electron chi connectivity index (χ2n) is 5.52. The second kappa shape index (κ2) is 5.95. The lowest BCUT2D eigenvalue weighted by molar-refractivity contribution is -0.161. The molecule has 104 valence electrons. The van der Waals surface area contributed by atoms with Crippen molar-refractivity contribution in [3.05, 3.63) is 35.6 Å². The average Bonchev–Trinajstić information content (AvgIpc) is 2.28. The highest BCUT2D eigenvalue weighted by Gasteiger charge is 2.26. The first-order valence-corrected chi connectivity index (χ1v) is 6.19. The Morgan fingerprint density at radius 3 is 2.21 bits per heavy atom. The summed E-state index contributed by atoms with van der Waals surface area (Å²) in [5, 5.41) is 0. The standard InChI is InChI=1S/C15H19FO3/c1-10(14(18)19-15(2,3)4)13(17)9-11-5-7-12(16)8-6-11/h5-8,10H,9H2,1-4H3. The molecule has 0 N–H and O–H groups in total. The van der Waals surface area contributed by atoms with Crippen molar-refractivity contribution in [2.24, 2.45) is 5.92 Å². The molecular weight excluding hydrogens is 247 g/mol. The van der Waals surface area contributed by atoms with Gasteiger partial charge in [0, 0.05) is 6.42 Å². The molecule has 1 aromatic rings. The molecule has 0 heterocycles. The van der Waals surface area contributed by atoms with Gasteiger partial charge >= 0.3 is 5.97 Å². The van der Waals surface area contributed by atoms with Gasteiger partial charge in [-0.2, -0.15) is 0 Å². The molecule has 0 amide bonds. The summed E-state index contributed by atoms with van der Waals surface area (Å²) >= 11 is 0. The van der Waals surface area contributed by atoms with Gasteiger partial charge in [0.15, 0.2) is 5.78 Å². The molecular formula is C15H19FO3. The Morgan fingerprint density at radius 2 is 1.74 bits per heavy atom. The minimum Gasteiger partial charge on any atom is -0.459 e. The fourth-order valence-electron chi connectivity index (χ4n) is 1.48. The zero-order valence-electron chi connectivity index (χ0n) is 11.7. The lowest BCUT2D eigenvalue weighted by Gasteiger charge is -2.21. The van der Waals surface area contributed by atoms with E-state index in [2.05, 4.69) is 0 Å². The Morgan fingerprint density at radius 1 is 1.21 bits per heavy atom. The zero-order chi connectivity index (χ0) is 14.6. The molecule has 0 fully saturated rings. The summed E-state index contributed by atoms with van der Waals surface area (Å²) in [6.45, 7) is 6.78. The molecule has 0 aromatic heterocycles. The first-order valence-electron chi connectivity index (χ1n) is 6.19. The van der Waals surface area contributed by atoms with Crippen molar-refractivity contribution >= 4 is 11.8 Å². The molecule has 0 saturated carbocycles. The maximum atomic E-state index is 12.7. The van der Waals surface area contributed by atoms with E-state index >= 15 is 0 Å². The topological polar surface area (TPSA) is 43.4 Å². The van der Waals surface area contributed by atoms with Crippen molar-refractivity contribution in [3.8, 4) is 0 Å². The van der Waals surface area contributed by atoms with Gasteiger partial charge in [0.2, 0.25) is 0 Å². The van der Waals surface area contributed by atoms with Crippen molar-refractivity contribution in [2.45, 2.75) is 39.7 Å². The highest BCUT2D eigenvalue weighted by molar-refractivity contribution is 5.99. The number of halogens is 1. The molecule has 4 heteroatoms. The van der Waals surface area contributed by atoms with Crippen LogP contribution >= 0.6 is 0 Å². The van der Waals surface area contributed by atoms with Crippen LogP contribution in [0.5, 0.6) is 0 Å². The predicted octanol–water partition coefficient (Wildman–Crippen LogP) is 2.92. The lowest BCUT2D eigenvalue weighted by atomic mass is 9.99. The number of ketones is 1. The molecule has 0 aliphatic carbocycles. The minimum atomic E-state index is -0.815. The molecule has 1 unspecified atom stereocenters. The van der Waals surface area contributed by atoms with Crippen LogP contribution in [0.25, 0.3) is 0 Å². The van der Waals surface area contributed by atoms with Gasteiger partial charge in [0.05, 0.1) is 0 Å². The summed E-state index contributed by atoms with van der Waals surface area (Å²) in [6.07, 6.45) is 0.0979. The normalized spacial score (nSPS) is 12.9. The third-order valence-corrected chi connectivity index (χ3v) is 2.53. The lowest BCUT2D eigenvalue weighted by Crippen LogP contribution is -2.31. The molecule has 1 atom stereocenters. The number of carbonyl (C=O) groups is 2. The van der Waals surface area contributed by atoms with Crippen LogP contribution in [0, 0.1) is 11.7 Å². The Kier molecular flexibility index (Phi) is 4.81. The summed E-state index contributed by atoms with van der Waals surface area (Å²) in [6, 6.07) is 5.66. The van der Waals surface area contributed by atoms with E-state index in [1.165, 1.54) is 31.2 Å². The second-order valence-corrected chi connectivity index (χ2v) is 5.52. The van der Waals surface area contributed by atoms with Crippen LogP contribution in [0.15, 0.2) is 24.3 Å². The molecule has 0 radical (unpaired) electrons. The van der Waals surface area contributed by atoms with Crippen molar-refractivity contribution in [3.63, 3.8) is 0 Å². The Balaban J connectivity index is 2.62. The van der Waals surface area contributed by atoms with Crippen molar-refractivity contribution in [1.29, 1.82) is 0 Å². The van der Waals surface area contributed by atoms with E-state index in [4.69, 9.17) is 4.74 Å². The Hall–Kier alpha value is -1.71. The first-order chi connectivity index (χ1) is 8.69. The molecule has 0 bridgehead atoms. The first kappa shape index (κ1) is 15.3. The van der Waals surface area contributed by atoms with E-state index in [0.29, 0.717) is 5.56 Å². The zero-order valence-corrected chi connectivity index (χ0v) is 11.7. The summed E-state index contributed by atoms with van der Waals surface area (Å²) in [5.74, 6) is -1.93. The van der Waals surface area contributed by atoms with E-state index in [1.54, 1.807) is 20.8 Å². The van der Waals surface area contributed by atoms with Crippen molar-refractivity contribution in [2.75, 3.05) is 0 Å². The largest absolute Gasteiger partial charge is 0.459 e. The number of Topliss-reactive ketones (excluding diaryl/α,β-unsaturated/α-hetero) is 1.